The van der Waals surface area contributed by atoms with E-state index >= 15 is 0 Å². The summed E-state index contributed by atoms with van der Waals surface area (Å²) in [5, 5.41) is 14.8. The molecule has 1 atom stereocenters. The fraction of sp³-hybridized carbons (Fsp3) is 0.833. The van der Waals surface area contributed by atoms with Crippen molar-refractivity contribution in [1.82, 2.24) is 4.90 Å². The van der Waals surface area contributed by atoms with E-state index in [0.717, 1.165) is 6.67 Å². The molecule has 1 N–H and O–H groups in total. The van der Waals surface area contributed by atoms with E-state index in [2.05, 4.69) is 31.3 Å². The summed E-state index contributed by atoms with van der Waals surface area (Å²) in [7, 11) is 2.21. The molecule has 6 heteroatoms. The van der Waals surface area contributed by atoms with Gasteiger partial charge in [-0.25, -0.2) is 0 Å². The number of rotatable bonds is 7. The molecule has 0 amide bonds. The van der Waals surface area contributed by atoms with Crippen molar-refractivity contribution in [2.45, 2.75) is 45.4 Å². The normalized spacial score (nSPS) is 17.4. The molecule has 0 fully saturated rings. The predicted molar refractivity (Wildman–Crippen MR) is 71.3 cm³/mol. The first-order valence-corrected chi connectivity index (χ1v) is 6.62. The van der Waals surface area contributed by atoms with Crippen LogP contribution >= 0.6 is 0 Å². The van der Waals surface area contributed by atoms with Gasteiger partial charge in [0.2, 0.25) is 0 Å². The highest BCUT2D eigenvalue weighted by Gasteiger charge is 2.10. The highest BCUT2D eigenvalue weighted by atomic mass is 16.9. The highest BCUT2D eigenvalue weighted by Crippen LogP contribution is 2.06. The maximum absolute atomic E-state index is 8.25. The van der Waals surface area contributed by atoms with Gasteiger partial charge in [-0.15, -0.1) is 0 Å². The Labute approximate surface area is 109 Å². The Morgan fingerprint density at radius 3 is 2.28 bits per heavy atom. The van der Waals surface area contributed by atoms with Gasteiger partial charge in [-0.1, -0.05) is 39.0 Å². The van der Waals surface area contributed by atoms with Crippen molar-refractivity contribution in [3.63, 3.8) is 0 Å². The Morgan fingerprint density at radius 1 is 1.22 bits per heavy atom. The molecule has 0 aromatic carbocycles. The van der Waals surface area contributed by atoms with Crippen LogP contribution in [0.4, 0.5) is 0 Å². The minimum absolute atomic E-state index is 1.16. The van der Waals surface area contributed by atoms with Crippen molar-refractivity contribution in [2.75, 3.05) is 20.3 Å². The van der Waals surface area contributed by atoms with Crippen LogP contribution in [0.25, 0.3) is 0 Å². The molecular formula is C12H25N3O3. The van der Waals surface area contributed by atoms with Crippen LogP contribution in [-0.2, 0) is 0 Å². The van der Waals surface area contributed by atoms with Crippen molar-refractivity contribution >= 4 is 0 Å². The second-order valence-electron chi connectivity index (χ2n) is 4.62. The van der Waals surface area contributed by atoms with E-state index in [-0.39, 0.29) is 0 Å². The highest BCUT2D eigenvalue weighted by molar-refractivity contribution is 4.76. The molecule has 0 aliphatic carbocycles. The summed E-state index contributed by atoms with van der Waals surface area (Å²) < 4.78 is 0. The molecule has 6 nitrogen and oxygen atoms in total. The molecule has 18 heavy (non-hydrogen) atoms. The standard InChI is InChI=1S/C12H24N2.NO3/c1-3-4-5-6-7-8-9-14-11-10-13(2)12-14;2-1(3)4/h10-11H,3-9,12H2,1-2H3;/q;-1/p+1. The number of hydrogen-bond donors (Lipinski definition) is 1. The van der Waals surface area contributed by atoms with E-state index in [0.29, 0.717) is 0 Å². The van der Waals surface area contributed by atoms with Crippen LogP contribution in [0.3, 0.4) is 0 Å². The molecule has 0 saturated carbocycles. The molecule has 0 aromatic rings. The van der Waals surface area contributed by atoms with E-state index < -0.39 is 5.09 Å². The average Bonchev–Trinajstić information content (AvgIpc) is 2.69. The molecule has 1 unspecified atom stereocenters. The number of nitrogens with zero attached hydrogens (tertiary/aromatic N) is 2. The smallest absolute Gasteiger partial charge is 0.156 e. The quantitative estimate of drug-likeness (QED) is 0.425. The lowest BCUT2D eigenvalue weighted by molar-refractivity contribution is -0.826. The van der Waals surface area contributed by atoms with Gasteiger partial charge in [0, 0.05) is 6.54 Å². The van der Waals surface area contributed by atoms with Gasteiger partial charge in [0.15, 0.2) is 6.67 Å². The molecule has 1 rings (SSSR count). The molecule has 0 radical (unpaired) electrons. The summed E-state index contributed by atoms with van der Waals surface area (Å²) in [4.78, 5) is 12.2. The molecule has 1 heterocycles. The number of quaternary nitrogens is 1. The van der Waals surface area contributed by atoms with Crippen molar-refractivity contribution < 1.29 is 9.99 Å². The van der Waals surface area contributed by atoms with Gasteiger partial charge in [-0.3, -0.25) is 4.90 Å². The summed E-state index contributed by atoms with van der Waals surface area (Å²) in [6.45, 7) is 4.68. The van der Waals surface area contributed by atoms with Crippen molar-refractivity contribution in [3.05, 3.63) is 27.7 Å². The lowest BCUT2D eigenvalue weighted by Crippen LogP contribution is -3.03. The maximum atomic E-state index is 8.25. The van der Waals surface area contributed by atoms with E-state index in [9.17, 15) is 0 Å². The lowest BCUT2D eigenvalue weighted by atomic mass is 10.1. The molecule has 0 bridgehead atoms. The Hall–Kier alpha value is -1.30. The number of unbranched alkanes of at least 4 members (excludes halogenated alkanes) is 5. The third-order valence-corrected chi connectivity index (χ3v) is 2.82. The van der Waals surface area contributed by atoms with Crippen molar-refractivity contribution in [2.24, 2.45) is 0 Å². The Bertz CT molecular complexity index is 243. The zero-order valence-corrected chi connectivity index (χ0v) is 11.4. The summed E-state index contributed by atoms with van der Waals surface area (Å²) in [6, 6.07) is 0. The van der Waals surface area contributed by atoms with E-state index in [1.54, 1.807) is 0 Å². The van der Waals surface area contributed by atoms with Gasteiger partial charge in [0.1, 0.15) is 6.20 Å². The van der Waals surface area contributed by atoms with Crippen molar-refractivity contribution in [1.29, 1.82) is 0 Å². The minimum atomic E-state index is -1.75. The number of nitrogens with one attached hydrogen (secondary N) is 1. The zero-order chi connectivity index (χ0) is 13.8. The fourth-order valence-corrected chi connectivity index (χ4v) is 1.91. The van der Waals surface area contributed by atoms with Gasteiger partial charge in [-0.05, 0) is 6.42 Å². The summed E-state index contributed by atoms with van der Waals surface area (Å²) in [5.74, 6) is 0. The van der Waals surface area contributed by atoms with Gasteiger partial charge < -0.3 is 20.2 Å². The summed E-state index contributed by atoms with van der Waals surface area (Å²) in [6.07, 6.45) is 12.9. The SMILES string of the molecule is CCCCCCCCN1C=C[NH+](C)C1.O=[N+]([O-])[O-]. The maximum Gasteiger partial charge on any atom is 0.156 e. The van der Waals surface area contributed by atoms with E-state index in [4.69, 9.17) is 15.3 Å². The van der Waals surface area contributed by atoms with Crippen LogP contribution in [0.2, 0.25) is 0 Å². The molecule has 0 spiro atoms. The number of hydrogen-bond acceptors (Lipinski definition) is 4. The first-order valence-electron chi connectivity index (χ1n) is 6.62. The molecule has 106 valence electrons. The molecule has 0 saturated heterocycles. The molecule has 1 aliphatic rings. The fourth-order valence-electron chi connectivity index (χ4n) is 1.91. The van der Waals surface area contributed by atoms with Gasteiger partial charge in [0.25, 0.3) is 0 Å². The molecule has 1 aliphatic heterocycles. The first kappa shape index (κ1) is 16.7. The second-order valence-corrected chi connectivity index (χ2v) is 4.62. The first-order chi connectivity index (χ1) is 8.56. The monoisotopic (exact) mass is 259 g/mol. The summed E-state index contributed by atoms with van der Waals surface area (Å²) >= 11 is 0. The third kappa shape index (κ3) is 11.2. The lowest BCUT2D eigenvalue weighted by Gasteiger charge is -2.14. The van der Waals surface area contributed by atoms with E-state index in [1.165, 1.54) is 50.0 Å². The third-order valence-electron chi connectivity index (χ3n) is 2.82. The molecular weight excluding hydrogens is 234 g/mol. The van der Waals surface area contributed by atoms with Crippen molar-refractivity contribution in [3.8, 4) is 0 Å². The summed E-state index contributed by atoms with van der Waals surface area (Å²) in [5.41, 5.74) is 0. The second kappa shape index (κ2) is 10.8. The largest absolute Gasteiger partial charge is 0.356 e. The van der Waals surface area contributed by atoms with Gasteiger partial charge in [-0.2, -0.15) is 0 Å². The van der Waals surface area contributed by atoms with Crippen LogP contribution < -0.4 is 4.90 Å². The van der Waals surface area contributed by atoms with Gasteiger partial charge >= 0.3 is 0 Å². The van der Waals surface area contributed by atoms with Gasteiger partial charge in [0.05, 0.1) is 18.3 Å². The predicted octanol–water partition coefficient (Wildman–Crippen LogP) is 1.37. The van der Waals surface area contributed by atoms with Crippen LogP contribution in [0.15, 0.2) is 12.4 Å². The molecule has 0 aromatic heterocycles. The van der Waals surface area contributed by atoms with Crippen LogP contribution in [0.1, 0.15) is 45.4 Å². The van der Waals surface area contributed by atoms with Crippen LogP contribution in [0.5, 0.6) is 0 Å². The van der Waals surface area contributed by atoms with Crippen LogP contribution in [0, 0.1) is 15.3 Å². The average molecular weight is 259 g/mol. The Balaban J connectivity index is 0.000000631. The van der Waals surface area contributed by atoms with E-state index in [1.807, 2.05) is 0 Å². The zero-order valence-electron chi connectivity index (χ0n) is 11.4. The minimum Gasteiger partial charge on any atom is -0.356 e. The Kier molecular flexibility index (Phi) is 10.0. The van der Waals surface area contributed by atoms with Crippen LogP contribution in [-0.4, -0.2) is 30.2 Å². The topological polar surface area (TPSA) is 73.9 Å². The Morgan fingerprint density at radius 2 is 1.78 bits per heavy atom.